The van der Waals surface area contributed by atoms with E-state index in [-0.39, 0.29) is 11.4 Å². The molecule has 3 nitrogen and oxygen atoms in total. The van der Waals surface area contributed by atoms with Gasteiger partial charge in [-0.05, 0) is 12.1 Å². The summed E-state index contributed by atoms with van der Waals surface area (Å²) in [5.41, 5.74) is 1.18. The first-order valence-electron chi connectivity index (χ1n) is 8.13. The van der Waals surface area contributed by atoms with Crippen LogP contribution in [0.3, 0.4) is 0 Å². The number of halogens is 3. The van der Waals surface area contributed by atoms with Gasteiger partial charge in [0.2, 0.25) is 0 Å². The van der Waals surface area contributed by atoms with Crippen molar-refractivity contribution in [2.24, 2.45) is 0 Å². The Morgan fingerprint density at radius 1 is 0.593 bits per heavy atom. The molecule has 0 bridgehead atoms. The molecule has 0 aliphatic carbocycles. The molecule has 1 heterocycles. The normalized spacial score (nSPS) is 10.8. The fourth-order valence-corrected chi connectivity index (χ4v) is 3.08. The van der Waals surface area contributed by atoms with Crippen molar-refractivity contribution in [2.75, 3.05) is 0 Å². The second-order valence-corrected chi connectivity index (χ2v) is 6.70. The van der Waals surface area contributed by atoms with Gasteiger partial charge in [0, 0.05) is 15.6 Å². The van der Waals surface area contributed by atoms with Crippen LogP contribution in [0.4, 0.5) is 8.78 Å². The summed E-state index contributed by atoms with van der Waals surface area (Å²) in [7, 11) is 0. The van der Waals surface area contributed by atoms with Crippen LogP contribution in [0.1, 0.15) is 0 Å². The molecule has 0 aliphatic heterocycles. The lowest BCUT2D eigenvalue weighted by molar-refractivity contribution is 0.586. The number of hydrogen-bond donors (Lipinski definition) is 0. The van der Waals surface area contributed by atoms with Gasteiger partial charge in [0.15, 0.2) is 17.5 Å². The molecule has 0 saturated carbocycles. The van der Waals surface area contributed by atoms with Gasteiger partial charge < -0.3 is 0 Å². The Morgan fingerprint density at radius 3 is 1.44 bits per heavy atom. The van der Waals surface area contributed by atoms with Gasteiger partial charge >= 0.3 is 0 Å². The Bertz CT molecular complexity index is 1020. The van der Waals surface area contributed by atoms with Gasteiger partial charge in [0.1, 0.15) is 11.6 Å². The molecular formula is C21H12BrF2N3. The van der Waals surface area contributed by atoms with Crippen LogP contribution >= 0.6 is 15.9 Å². The van der Waals surface area contributed by atoms with Crippen LogP contribution < -0.4 is 0 Å². The Hall–Kier alpha value is -2.99. The summed E-state index contributed by atoms with van der Waals surface area (Å²) in [6.45, 7) is 0. The third-order valence-corrected chi connectivity index (χ3v) is 4.39. The molecule has 0 spiro atoms. The highest BCUT2D eigenvalue weighted by Gasteiger charge is 2.19. The zero-order chi connectivity index (χ0) is 18.8. The van der Waals surface area contributed by atoms with E-state index in [1.54, 1.807) is 0 Å². The summed E-state index contributed by atoms with van der Waals surface area (Å²) in [6, 6.07) is 20.9. The average Bonchev–Trinajstić information content (AvgIpc) is 2.68. The highest BCUT2D eigenvalue weighted by atomic mass is 79.9. The summed E-state index contributed by atoms with van der Waals surface area (Å²) in [5.74, 6) is -0.843. The van der Waals surface area contributed by atoms with Crippen LogP contribution in [0.15, 0.2) is 77.3 Å². The van der Waals surface area contributed by atoms with E-state index in [9.17, 15) is 8.78 Å². The molecule has 0 saturated heterocycles. The summed E-state index contributed by atoms with van der Waals surface area (Å²) < 4.78 is 29.3. The number of rotatable bonds is 3. The highest BCUT2D eigenvalue weighted by molar-refractivity contribution is 9.10. The van der Waals surface area contributed by atoms with E-state index >= 15 is 0 Å². The monoisotopic (exact) mass is 423 g/mol. The number of aromatic nitrogens is 3. The average molecular weight is 424 g/mol. The van der Waals surface area contributed by atoms with Crippen LogP contribution in [0, 0.1) is 11.6 Å². The highest BCUT2D eigenvalue weighted by Crippen LogP contribution is 2.29. The summed E-state index contributed by atoms with van der Waals surface area (Å²) in [4.78, 5) is 13.2. The molecule has 1 aromatic heterocycles. The van der Waals surface area contributed by atoms with Gasteiger partial charge in [-0.1, -0.05) is 76.6 Å². The van der Waals surface area contributed by atoms with Gasteiger partial charge in [-0.25, -0.2) is 23.7 Å². The molecule has 4 aromatic rings. The molecule has 6 heteroatoms. The van der Waals surface area contributed by atoms with Gasteiger partial charge in [-0.15, -0.1) is 0 Å². The Kier molecular flexibility index (Phi) is 4.73. The zero-order valence-electron chi connectivity index (χ0n) is 13.9. The van der Waals surface area contributed by atoms with E-state index in [0.29, 0.717) is 16.1 Å². The van der Waals surface area contributed by atoms with Crippen molar-refractivity contribution in [1.29, 1.82) is 0 Å². The summed E-state index contributed by atoms with van der Waals surface area (Å²) in [6.07, 6.45) is 0. The van der Waals surface area contributed by atoms with Crippen molar-refractivity contribution in [3.8, 4) is 34.2 Å². The third kappa shape index (κ3) is 3.61. The lowest BCUT2D eigenvalue weighted by Crippen LogP contribution is -2.02. The van der Waals surface area contributed by atoms with Crippen molar-refractivity contribution in [1.82, 2.24) is 15.0 Å². The maximum atomic E-state index is 14.5. The Balaban J connectivity index is 1.97. The fraction of sp³-hybridized carbons (Fsp3) is 0. The largest absolute Gasteiger partial charge is 0.208 e. The SMILES string of the molecule is Fc1cc(Br)cc(F)c1-c1nc(-c2ccccc2)nc(-c2ccccc2)n1. The molecule has 0 aliphatic rings. The summed E-state index contributed by atoms with van der Waals surface area (Å²) >= 11 is 3.09. The van der Waals surface area contributed by atoms with E-state index in [2.05, 4.69) is 30.9 Å². The lowest BCUT2D eigenvalue weighted by atomic mass is 10.1. The van der Waals surface area contributed by atoms with E-state index in [0.717, 1.165) is 11.1 Å². The predicted molar refractivity (Wildman–Crippen MR) is 104 cm³/mol. The minimum atomic E-state index is -0.744. The standard InChI is InChI=1S/C21H12BrF2N3/c22-15-11-16(23)18(17(24)12-15)21-26-19(13-7-3-1-4-8-13)25-20(27-21)14-9-5-2-6-10-14/h1-12H. The van der Waals surface area contributed by atoms with Gasteiger partial charge in [0.25, 0.3) is 0 Å². The number of benzene rings is 3. The second kappa shape index (κ2) is 7.32. The molecule has 132 valence electrons. The first-order valence-corrected chi connectivity index (χ1v) is 8.93. The minimum absolute atomic E-state index is 0.0507. The lowest BCUT2D eigenvalue weighted by Gasteiger charge is -2.09. The molecular weight excluding hydrogens is 412 g/mol. The Labute approximate surface area is 162 Å². The first kappa shape index (κ1) is 17.4. The number of nitrogens with zero attached hydrogens (tertiary/aromatic N) is 3. The first-order chi connectivity index (χ1) is 13.1. The predicted octanol–water partition coefficient (Wildman–Crippen LogP) is 5.91. The van der Waals surface area contributed by atoms with Crippen molar-refractivity contribution in [3.05, 3.63) is 88.9 Å². The van der Waals surface area contributed by atoms with Gasteiger partial charge in [0.05, 0.1) is 5.56 Å². The molecule has 0 fully saturated rings. The van der Waals surface area contributed by atoms with Crippen LogP contribution in [-0.2, 0) is 0 Å². The van der Waals surface area contributed by atoms with Crippen LogP contribution in [0.5, 0.6) is 0 Å². The smallest absolute Gasteiger partial charge is 0.170 e. The molecule has 4 rings (SSSR count). The van der Waals surface area contributed by atoms with E-state index in [1.807, 2.05) is 60.7 Å². The van der Waals surface area contributed by atoms with E-state index in [1.165, 1.54) is 12.1 Å². The van der Waals surface area contributed by atoms with E-state index < -0.39 is 11.6 Å². The van der Waals surface area contributed by atoms with Crippen molar-refractivity contribution < 1.29 is 8.78 Å². The topological polar surface area (TPSA) is 38.7 Å². The van der Waals surface area contributed by atoms with Crippen LogP contribution in [0.2, 0.25) is 0 Å². The van der Waals surface area contributed by atoms with Crippen molar-refractivity contribution in [3.63, 3.8) is 0 Å². The molecule has 0 atom stereocenters. The summed E-state index contributed by atoms with van der Waals surface area (Å²) in [5, 5.41) is 0. The molecule has 3 aromatic carbocycles. The Morgan fingerprint density at radius 2 is 1.00 bits per heavy atom. The fourth-order valence-electron chi connectivity index (χ4n) is 2.68. The maximum absolute atomic E-state index is 14.5. The molecule has 0 N–H and O–H groups in total. The van der Waals surface area contributed by atoms with Crippen molar-refractivity contribution >= 4 is 15.9 Å². The van der Waals surface area contributed by atoms with Gasteiger partial charge in [-0.3, -0.25) is 0 Å². The van der Waals surface area contributed by atoms with E-state index in [4.69, 9.17) is 0 Å². The van der Waals surface area contributed by atoms with Gasteiger partial charge in [-0.2, -0.15) is 0 Å². The van der Waals surface area contributed by atoms with Crippen LogP contribution in [0.25, 0.3) is 34.2 Å². The quantitative estimate of drug-likeness (QED) is 0.410. The van der Waals surface area contributed by atoms with Crippen LogP contribution in [-0.4, -0.2) is 15.0 Å². The molecule has 0 amide bonds. The zero-order valence-corrected chi connectivity index (χ0v) is 15.5. The molecule has 27 heavy (non-hydrogen) atoms. The molecule has 0 unspecified atom stereocenters. The second-order valence-electron chi connectivity index (χ2n) is 5.78. The number of hydrogen-bond acceptors (Lipinski definition) is 3. The molecule has 0 radical (unpaired) electrons. The van der Waals surface area contributed by atoms with Crippen molar-refractivity contribution in [2.45, 2.75) is 0 Å². The third-order valence-electron chi connectivity index (χ3n) is 3.93. The maximum Gasteiger partial charge on any atom is 0.170 e. The minimum Gasteiger partial charge on any atom is -0.208 e.